The van der Waals surface area contributed by atoms with Crippen molar-refractivity contribution in [1.82, 2.24) is 5.32 Å². The van der Waals surface area contributed by atoms with Gasteiger partial charge in [-0.1, -0.05) is 38.0 Å². The number of carbonyl (C=O) groups excluding carboxylic acids is 2. The molecule has 0 fully saturated rings. The van der Waals surface area contributed by atoms with Gasteiger partial charge in [-0.2, -0.15) is 0 Å². The minimum absolute atomic E-state index is 0.107. The van der Waals surface area contributed by atoms with Gasteiger partial charge in [-0.3, -0.25) is 9.59 Å². The van der Waals surface area contributed by atoms with Gasteiger partial charge in [0, 0.05) is 11.3 Å². The second-order valence-corrected chi connectivity index (χ2v) is 6.34. The van der Waals surface area contributed by atoms with Crippen LogP contribution in [0.15, 0.2) is 48.5 Å². The Hall–Kier alpha value is -3.26. The summed E-state index contributed by atoms with van der Waals surface area (Å²) in [5.74, 6) is 2.25. The zero-order chi connectivity index (χ0) is 19.8. The highest BCUT2D eigenvalue weighted by Crippen LogP contribution is 2.19. The number of para-hydroxylation sites is 1. The quantitative estimate of drug-likeness (QED) is 0.740. The average Bonchev–Trinajstić information content (AvgIpc) is 2.66. The first-order valence-corrected chi connectivity index (χ1v) is 8.86. The summed E-state index contributed by atoms with van der Waals surface area (Å²) in [5.41, 5.74) is 1.65. The Morgan fingerprint density at radius 3 is 2.56 bits per heavy atom. The topological polar surface area (TPSA) is 67.4 Å². The zero-order valence-electron chi connectivity index (χ0n) is 15.8. The molecule has 0 spiro atoms. The predicted molar refractivity (Wildman–Crippen MR) is 107 cm³/mol. The number of anilines is 1. The van der Waals surface area contributed by atoms with Gasteiger partial charge in [-0.15, -0.1) is 6.42 Å². The SMILES string of the molecule is C#Cc1cccc(NC(=O)C(NC(=O)c2ccccc2OCC)C(C)C)c1. The van der Waals surface area contributed by atoms with Crippen LogP contribution in [0.1, 0.15) is 36.7 Å². The van der Waals surface area contributed by atoms with E-state index in [9.17, 15) is 9.59 Å². The van der Waals surface area contributed by atoms with E-state index in [1.165, 1.54) is 0 Å². The van der Waals surface area contributed by atoms with E-state index < -0.39 is 6.04 Å². The molecule has 140 valence electrons. The lowest BCUT2D eigenvalue weighted by molar-refractivity contribution is -0.118. The van der Waals surface area contributed by atoms with Crippen LogP contribution in [0.5, 0.6) is 5.75 Å². The number of rotatable bonds is 7. The summed E-state index contributed by atoms with van der Waals surface area (Å²) in [6.45, 7) is 6.04. The third-order valence-corrected chi connectivity index (χ3v) is 3.96. The van der Waals surface area contributed by atoms with Gasteiger partial charge in [0.1, 0.15) is 11.8 Å². The summed E-state index contributed by atoms with van der Waals surface area (Å²) >= 11 is 0. The molecule has 5 heteroatoms. The first kappa shape index (κ1) is 20.1. The van der Waals surface area contributed by atoms with Gasteiger partial charge < -0.3 is 15.4 Å². The largest absolute Gasteiger partial charge is 0.493 e. The molecular weight excluding hydrogens is 340 g/mol. The minimum atomic E-state index is -0.707. The lowest BCUT2D eigenvalue weighted by atomic mass is 10.0. The van der Waals surface area contributed by atoms with E-state index in [2.05, 4.69) is 16.6 Å². The first-order chi connectivity index (χ1) is 13.0. The van der Waals surface area contributed by atoms with Gasteiger partial charge in [0.25, 0.3) is 5.91 Å². The highest BCUT2D eigenvalue weighted by molar-refractivity contribution is 6.02. The molecule has 0 bridgehead atoms. The fourth-order valence-electron chi connectivity index (χ4n) is 2.60. The van der Waals surface area contributed by atoms with Crippen LogP contribution in [0.4, 0.5) is 5.69 Å². The summed E-state index contributed by atoms with van der Waals surface area (Å²) in [6, 6.07) is 13.3. The van der Waals surface area contributed by atoms with Crippen LogP contribution in [-0.4, -0.2) is 24.5 Å². The molecular formula is C22H24N2O3. The number of amides is 2. The molecule has 0 saturated heterocycles. The van der Waals surface area contributed by atoms with Crippen LogP contribution in [0.2, 0.25) is 0 Å². The van der Waals surface area contributed by atoms with Crippen molar-refractivity contribution in [1.29, 1.82) is 0 Å². The number of terminal acetylenes is 1. The Morgan fingerprint density at radius 1 is 1.15 bits per heavy atom. The highest BCUT2D eigenvalue weighted by atomic mass is 16.5. The van der Waals surface area contributed by atoms with Crippen molar-refractivity contribution in [3.63, 3.8) is 0 Å². The first-order valence-electron chi connectivity index (χ1n) is 8.86. The molecule has 0 heterocycles. The maximum absolute atomic E-state index is 12.7. The second kappa shape index (κ2) is 9.44. The van der Waals surface area contributed by atoms with E-state index in [1.54, 1.807) is 48.5 Å². The molecule has 0 aliphatic carbocycles. The zero-order valence-corrected chi connectivity index (χ0v) is 15.8. The number of benzene rings is 2. The van der Waals surface area contributed by atoms with Crippen molar-refractivity contribution in [2.24, 2.45) is 5.92 Å². The molecule has 27 heavy (non-hydrogen) atoms. The van der Waals surface area contributed by atoms with Crippen molar-refractivity contribution in [3.8, 4) is 18.1 Å². The van der Waals surface area contributed by atoms with E-state index in [1.807, 2.05) is 20.8 Å². The second-order valence-electron chi connectivity index (χ2n) is 6.34. The standard InChI is InChI=1S/C22H24N2O3/c1-5-16-10-9-11-17(14-16)23-22(26)20(15(3)4)24-21(25)18-12-7-8-13-19(18)27-6-2/h1,7-15,20H,6H2,2-4H3,(H,23,26)(H,24,25). The number of hydrogen-bond acceptors (Lipinski definition) is 3. The minimum Gasteiger partial charge on any atom is -0.493 e. The molecule has 1 unspecified atom stereocenters. The molecule has 0 radical (unpaired) electrons. The Morgan fingerprint density at radius 2 is 1.89 bits per heavy atom. The van der Waals surface area contributed by atoms with E-state index in [0.717, 1.165) is 0 Å². The molecule has 0 aliphatic heterocycles. The maximum atomic E-state index is 12.7. The van der Waals surface area contributed by atoms with E-state index in [0.29, 0.717) is 29.2 Å². The average molecular weight is 364 g/mol. The predicted octanol–water partition coefficient (Wildman–Crippen LogP) is 3.46. The Kier molecular flexibility index (Phi) is 7.01. The summed E-state index contributed by atoms with van der Waals surface area (Å²) in [5, 5.41) is 5.62. The number of carbonyl (C=O) groups is 2. The van der Waals surface area contributed by atoms with Crippen LogP contribution in [0, 0.1) is 18.3 Å². The molecule has 2 aromatic rings. The van der Waals surface area contributed by atoms with Crippen molar-refractivity contribution < 1.29 is 14.3 Å². The summed E-state index contributed by atoms with van der Waals surface area (Å²) in [7, 11) is 0. The molecule has 1 atom stereocenters. The molecule has 0 aliphatic rings. The number of nitrogens with one attached hydrogen (secondary N) is 2. The van der Waals surface area contributed by atoms with Gasteiger partial charge >= 0.3 is 0 Å². The van der Waals surface area contributed by atoms with Gasteiger partial charge in [-0.05, 0) is 43.2 Å². The molecule has 2 amide bonds. The van der Waals surface area contributed by atoms with Crippen LogP contribution >= 0.6 is 0 Å². The van der Waals surface area contributed by atoms with Crippen LogP contribution in [-0.2, 0) is 4.79 Å². The lowest BCUT2D eigenvalue weighted by Gasteiger charge is -2.22. The van der Waals surface area contributed by atoms with E-state index in [-0.39, 0.29) is 17.7 Å². The number of hydrogen-bond donors (Lipinski definition) is 2. The van der Waals surface area contributed by atoms with Crippen molar-refractivity contribution in [2.75, 3.05) is 11.9 Å². The molecule has 5 nitrogen and oxygen atoms in total. The van der Waals surface area contributed by atoms with Gasteiger partial charge in [0.05, 0.1) is 12.2 Å². The van der Waals surface area contributed by atoms with Crippen LogP contribution in [0.3, 0.4) is 0 Å². The maximum Gasteiger partial charge on any atom is 0.255 e. The van der Waals surface area contributed by atoms with Crippen molar-refractivity contribution in [3.05, 3.63) is 59.7 Å². The molecule has 0 aromatic heterocycles. The van der Waals surface area contributed by atoms with Crippen LogP contribution < -0.4 is 15.4 Å². The van der Waals surface area contributed by atoms with Crippen molar-refractivity contribution >= 4 is 17.5 Å². The smallest absolute Gasteiger partial charge is 0.255 e. The van der Waals surface area contributed by atoms with Crippen molar-refractivity contribution in [2.45, 2.75) is 26.8 Å². The fraction of sp³-hybridized carbons (Fsp3) is 0.273. The lowest BCUT2D eigenvalue weighted by Crippen LogP contribution is -2.47. The molecule has 2 N–H and O–H groups in total. The summed E-state index contributed by atoms with van der Waals surface area (Å²) < 4.78 is 5.50. The Labute approximate surface area is 160 Å². The van der Waals surface area contributed by atoms with E-state index >= 15 is 0 Å². The molecule has 0 saturated carbocycles. The fourth-order valence-corrected chi connectivity index (χ4v) is 2.60. The Bertz CT molecular complexity index is 853. The van der Waals surface area contributed by atoms with Gasteiger partial charge in [-0.25, -0.2) is 0 Å². The van der Waals surface area contributed by atoms with Crippen LogP contribution in [0.25, 0.3) is 0 Å². The van der Waals surface area contributed by atoms with E-state index in [4.69, 9.17) is 11.2 Å². The summed E-state index contributed by atoms with van der Waals surface area (Å²) in [6.07, 6.45) is 5.40. The Balaban J connectivity index is 2.16. The normalized spacial score (nSPS) is 11.4. The van der Waals surface area contributed by atoms with Gasteiger partial charge in [0.2, 0.25) is 5.91 Å². The summed E-state index contributed by atoms with van der Waals surface area (Å²) in [4.78, 5) is 25.4. The third kappa shape index (κ3) is 5.35. The molecule has 2 rings (SSSR count). The third-order valence-electron chi connectivity index (χ3n) is 3.96. The monoisotopic (exact) mass is 364 g/mol. The number of ether oxygens (including phenoxy) is 1. The highest BCUT2D eigenvalue weighted by Gasteiger charge is 2.26. The molecule has 2 aromatic carbocycles. The van der Waals surface area contributed by atoms with Gasteiger partial charge in [0.15, 0.2) is 0 Å².